The Hall–Kier alpha value is -2.12. The van der Waals surface area contributed by atoms with Crippen LogP contribution < -0.4 is 0 Å². The number of hydrogen-bond donors (Lipinski definition) is 0. The Morgan fingerprint density at radius 3 is 2.00 bits per heavy atom. The monoisotopic (exact) mass is 487 g/mol. The van der Waals surface area contributed by atoms with E-state index in [4.69, 9.17) is 0 Å². The molecule has 0 aromatic heterocycles. The molecule has 0 amide bonds. The van der Waals surface area contributed by atoms with E-state index in [2.05, 4.69) is 0 Å². The van der Waals surface area contributed by atoms with Crippen LogP contribution in [0.3, 0.4) is 0 Å². The van der Waals surface area contributed by atoms with Crippen LogP contribution in [0.5, 0.6) is 0 Å². The van der Waals surface area contributed by atoms with Gasteiger partial charge in [-0.3, -0.25) is 4.31 Å². The highest BCUT2D eigenvalue weighted by atomic mass is 32.2. The van der Waals surface area contributed by atoms with Crippen molar-refractivity contribution in [1.82, 2.24) is 4.31 Å². The minimum absolute atomic E-state index is 0.217. The predicted octanol–water partition coefficient (Wildman–Crippen LogP) is 5.62. The van der Waals surface area contributed by atoms with Gasteiger partial charge in [0.1, 0.15) is 5.25 Å². The summed E-state index contributed by atoms with van der Waals surface area (Å²) in [6, 6.07) is 15.0. The second-order valence-corrected chi connectivity index (χ2v) is 13.1. The number of sulfone groups is 1. The molecule has 0 saturated carbocycles. The molecular weight excluding hydrogens is 454 g/mol. The molecule has 2 bridgehead atoms. The van der Waals surface area contributed by atoms with Gasteiger partial charge in [-0.25, -0.2) is 16.8 Å². The van der Waals surface area contributed by atoms with E-state index in [0.29, 0.717) is 18.5 Å². The number of fused-ring (bicyclic) bond motifs is 2. The van der Waals surface area contributed by atoms with Crippen molar-refractivity contribution in [1.29, 1.82) is 0 Å². The molecule has 2 aliphatic heterocycles. The molecule has 1 saturated heterocycles. The van der Waals surface area contributed by atoms with Crippen LogP contribution in [0.25, 0.3) is 0 Å². The van der Waals surface area contributed by atoms with E-state index in [1.165, 1.54) is 4.31 Å². The lowest BCUT2D eigenvalue weighted by atomic mass is 10.0. The SMILES string of the molecule is Cc1ccc(S(=O)(=O)N2C3=CC[C@@H]2CCCCCCCC[C@@H]3S(=O)(=O)c2ccccc2)cc1. The molecule has 2 aromatic rings. The maximum Gasteiger partial charge on any atom is 0.264 e. The summed E-state index contributed by atoms with van der Waals surface area (Å²) < 4.78 is 56.8. The predicted molar refractivity (Wildman–Crippen MR) is 131 cm³/mol. The molecule has 2 aromatic carbocycles. The van der Waals surface area contributed by atoms with Crippen LogP contribution >= 0.6 is 0 Å². The zero-order valence-electron chi connectivity index (χ0n) is 19.2. The smallest absolute Gasteiger partial charge is 0.264 e. The maximum atomic E-state index is 13.9. The van der Waals surface area contributed by atoms with Crippen molar-refractivity contribution in [3.8, 4) is 0 Å². The molecule has 0 aliphatic carbocycles. The molecule has 33 heavy (non-hydrogen) atoms. The van der Waals surface area contributed by atoms with Crippen LogP contribution in [-0.2, 0) is 19.9 Å². The standard InChI is InChI=1S/C26H33NO4S2/c1-21-15-18-24(19-16-21)33(30,31)27-22-11-7-4-2-3-5-10-14-26(25(27)20-17-22)32(28,29)23-12-8-6-9-13-23/h6,8-9,12-13,15-16,18-20,22,26H,2-5,7,10-11,14,17H2,1H3/t22-,26-/m0/s1. The summed E-state index contributed by atoms with van der Waals surface area (Å²) in [7, 11) is -7.62. The minimum atomic E-state index is -3.88. The quantitative estimate of drug-likeness (QED) is 0.561. The third kappa shape index (κ3) is 5.04. The normalized spacial score (nSPS) is 22.8. The highest BCUT2D eigenvalue weighted by Gasteiger charge is 2.43. The Kier molecular flexibility index (Phi) is 7.29. The highest BCUT2D eigenvalue weighted by Crippen LogP contribution is 2.39. The van der Waals surface area contributed by atoms with Crippen molar-refractivity contribution in [2.45, 2.75) is 85.8 Å². The van der Waals surface area contributed by atoms with Crippen LogP contribution in [0.1, 0.15) is 63.4 Å². The molecule has 7 heteroatoms. The molecule has 0 radical (unpaired) electrons. The van der Waals surface area contributed by atoms with Gasteiger partial charge < -0.3 is 0 Å². The minimum Gasteiger partial charge on any atom is -0.266 e. The zero-order chi connectivity index (χ0) is 23.5. The fraction of sp³-hybridized carbons (Fsp3) is 0.462. The number of aryl methyl sites for hydroxylation is 1. The average molecular weight is 488 g/mol. The number of rotatable bonds is 4. The molecule has 178 valence electrons. The van der Waals surface area contributed by atoms with Gasteiger partial charge in [-0.1, -0.05) is 80.5 Å². The Morgan fingerprint density at radius 1 is 0.727 bits per heavy atom. The van der Waals surface area contributed by atoms with Gasteiger partial charge in [-0.15, -0.1) is 0 Å². The van der Waals surface area contributed by atoms with Crippen molar-refractivity contribution in [2.75, 3.05) is 0 Å². The van der Waals surface area contributed by atoms with Crippen molar-refractivity contribution in [3.63, 3.8) is 0 Å². The van der Waals surface area contributed by atoms with Crippen LogP contribution in [-0.4, -0.2) is 32.4 Å². The van der Waals surface area contributed by atoms with Crippen molar-refractivity contribution in [2.24, 2.45) is 0 Å². The lowest BCUT2D eigenvalue weighted by Gasteiger charge is -2.33. The van der Waals surface area contributed by atoms with Crippen LogP contribution in [0.4, 0.5) is 0 Å². The summed E-state index contributed by atoms with van der Waals surface area (Å²) in [5.41, 5.74) is 1.42. The summed E-state index contributed by atoms with van der Waals surface area (Å²) in [6.07, 6.45) is 9.54. The molecular formula is C26H33NO4S2. The van der Waals surface area contributed by atoms with E-state index in [9.17, 15) is 16.8 Å². The molecule has 2 heterocycles. The maximum absolute atomic E-state index is 13.9. The topological polar surface area (TPSA) is 71.5 Å². The Morgan fingerprint density at radius 2 is 1.33 bits per heavy atom. The highest BCUT2D eigenvalue weighted by molar-refractivity contribution is 7.92. The third-order valence-corrected chi connectivity index (χ3v) is 10.8. The van der Waals surface area contributed by atoms with E-state index >= 15 is 0 Å². The largest absolute Gasteiger partial charge is 0.266 e. The Bertz CT molecular complexity index is 1190. The van der Waals surface area contributed by atoms with Gasteiger partial charge in [0.25, 0.3) is 10.0 Å². The number of hydrogen-bond acceptors (Lipinski definition) is 4. The van der Waals surface area contributed by atoms with Gasteiger partial charge >= 0.3 is 0 Å². The van der Waals surface area contributed by atoms with Crippen LogP contribution in [0, 0.1) is 6.92 Å². The van der Waals surface area contributed by atoms with Gasteiger partial charge in [-0.2, -0.15) is 0 Å². The Balaban J connectivity index is 1.80. The average Bonchev–Trinajstić information content (AvgIpc) is 3.22. The fourth-order valence-corrected chi connectivity index (χ4v) is 8.68. The van der Waals surface area contributed by atoms with Crippen LogP contribution in [0.15, 0.2) is 76.2 Å². The lowest BCUT2D eigenvalue weighted by Crippen LogP contribution is -2.41. The summed E-state index contributed by atoms with van der Waals surface area (Å²) in [4.78, 5) is 0.466. The summed E-state index contributed by atoms with van der Waals surface area (Å²) >= 11 is 0. The van der Waals surface area contributed by atoms with Crippen molar-refractivity contribution in [3.05, 3.63) is 71.9 Å². The first-order chi connectivity index (χ1) is 15.8. The lowest BCUT2D eigenvalue weighted by molar-refractivity contribution is 0.358. The second kappa shape index (κ2) is 10.0. The van der Waals surface area contributed by atoms with Gasteiger partial charge in [0.2, 0.25) is 0 Å². The van der Waals surface area contributed by atoms with E-state index in [0.717, 1.165) is 50.5 Å². The molecule has 2 aliphatic rings. The van der Waals surface area contributed by atoms with E-state index in [1.807, 2.05) is 13.0 Å². The third-order valence-electron chi connectivity index (χ3n) is 6.79. The molecule has 5 nitrogen and oxygen atoms in total. The van der Waals surface area contributed by atoms with Crippen LogP contribution in [0.2, 0.25) is 0 Å². The molecule has 0 spiro atoms. The van der Waals surface area contributed by atoms with E-state index in [1.54, 1.807) is 54.6 Å². The first kappa shape index (κ1) is 24.0. The molecule has 1 fully saturated rings. The first-order valence-corrected chi connectivity index (χ1v) is 14.9. The number of benzene rings is 2. The van der Waals surface area contributed by atoms with E-state index in [-0.39, 0.29) is 15.8 Å². The molecule has 4 rings (SSSR count). The zero-order valence-corrected chi connectivity index (χ0v) is 20.8. The van der Waals surface area contributed by atoms with E-state index < -0.39 is 25.1 Å². The summed E-state index contributed by atoms with van der Waals surface area (Å²) in [6.45, 7) is 1.92. The molecule has 0 unspecified atom stereocenters. The molecule has 0 N–H and O–H groups in total. The first-order valence-electron chi connectivity index (χ1n) is 11.9. The van der Waals surface area contributed by atoms with Gasteiger partial charge in [0, 0.05) is 11.7 Å². The number of nitrogens with zero attached hydrogens (tertiary/aromatic N) is 1. The fourth-order valence-electron chi connectivity index (χ4n) is 4.97. The molecule has 2 atom stereocenters. The van der Waals surface area contributed by atoms with Gasteiger partial charge in [-0.05, 0) is 50.5 Å². The summed E-state index contributed by atoms with van der Waals surface area (Å²) in [5, 5.41) is -0.871. The van der Waals surface area contributed by atoms with Gasteiger partial charge in [0.05, 0.1) is 9.79 Å². The second-order valence-electron chi connectivity index (χ2n) is 9.18. The van der Waals surface area contributed by atoms with Gasteiger partial charge in [0.15, 0.2) is 9.84 Å². The summed E-state index contributed by atoms with van der Waals surface area (Å²) in [5.74, 6) is 0. The van der Waals surface area contributed by atoms with Crippen molar-refractivity contribution >= 4 is 19.9 Å². The Labute approximate surface area is 198 Å². The van der Waals surface area contributed by atoms with Crippen molar-refractivity contribution < 1.29 is 16.8 Å². The number of sulfonamides is 1.